The van der Waals surface area contributed by atoms with Gasteiger partial charge in [-0.1, -0.05) is 43.3 Å². The minimum absolute atomic E-state index is 0.0504. The second kappa shape index (κ2) is 9.72. The zero-order valence-corrected chi connectivity index (χ0v) is 20.7. The van der Waals surface area contributed by atoms with Gasteiger partial charge in [0.15, 0.2) is 17.4 Å². The first-order valence-corrected chi connectivity index (χ1v) is 13.6. The van der Waals surface area contributed by atoms with Crippen LogP contribution in [0.2, 0.25) is 0 Å². The third kappa shape index (κ3) is 4.64. The van der Waals surface area contributed by atoms with E-state index in [9.17, 15) is 13.5 Å². The Morgan fingerprint density at radius 3 is 2.37 bits per heavy atom. The van der Waals surface area contributed by atoms with Crippen molar-refractivity contribution in [1.29, 1.82) is 0 Å². The lowest BCUT2D eigenvalue weighted by Gasteiger charge is -2.21. The molecule has 10 nitrogen and oxygen atoms in total. The molecular formula is C23H25N7O3S2. The fourth-order valence-corrected chi connectivity index (χ4v) is 6.19. The molecule has 1 aliphatic heterocycles. The highest BCUT2D eigenvalue weighted by atomic mass is 32.2. The molecule has 0 spiro atoms. The van der Waals surface area contributed by atoms with E-state index in [1.807, 2.05) is 30.3 Å². The van der Waals surface area contributed by atoms with Gasteiger partial charge in [-0.2, -0.15) is 13.1 Å². The maximum atomic E-state index is 13.1. The third-order valence-electron chi connectivity index (χ3n) is 5.97. The minimum Gasteiger partial charge on any atom is -0.504 e. The van der Waals surface area contributed by atoms with Gasteiger partial charge in [-0.25, -0.2) is 18.4 Å². The molecule has 2 aromatic heterocycles. The molecule has 0 amide bonds. The second-order valence-corrected chi connectivity index (χ2v) is 10.7. The number of hydrogen-bond donors (Lipinski definition) is 3. The Labute approximate surface area is 207 Å². The van der Waals surface area contributed by atoms with Gasteiger partial charge in [0.25, 0.3) is 0 Å². The number of nitrogens with one attached hydrogen (secondary N) is 2. The first-order valence-electron chi connectivity index (χ1n) is 11.4. The number of anilines is 3. The molecule has 12 heteroatoms. The number of rotatable bonds is 8. The molecule has 1 aliphatic rings. The van der Waals surface area contributed by atoms with E-state index < -0.39 is 10.0 Å². The van der Waals surface area contributed by atoms with Crippen LogP contribution < -0.4 is 10.6 Å². The molecule has 1 fully saturated rings. The van der Waals surface area contributed by atoms with Crippen molar-refractivity contribution in [2.75, 3.05) is 23.7 Å². The summed E-state index contributed by atoms with van der Waals surface area (Å²) in [6.45, 7) is 2.96. The fourth-order valence-electron chi connectivity index (χ4n) is 4.12. The van der Waals surface area contributed by atoms with Crippen LogP contribution in [0.15, 0.2) is 53.4 Å². The molecule has 0 saturated carbocycles. The number of nitrogens with zero attached hydrogens (tertiary/aromatic N) is 5. The molecule has 3 heterocycles. The summed E-state index contributed by atoms with van der Waals surface area (Å²) < 4.78 is 36.0. The average Bonchev–Trinajstić information content (AvgIpc) is 3.57. The molecule has 3 N–H and O–H groups in total. The Balaban J connectivity index is 1.52. The summed E-state index contributed by atoms with van der Waals surface area (Å²) in [6, 6.07) is 14.5. The van der Waals surface area contributed by atoms with Crippen LogP contribution in [0.3, 0.4) is 0 Å². The third-order valence-corrected chi connectivity index (χ3v) is 8.41. The molecule has 5 rings (SSSR count). The lowest BCUT2D eigenvalue weighted by atomic mass is 10.0. The van der Waals surface area contributed by atoms with Crippen molar-refractivity contribution >= 4 is 50.4 Å². The lowest BCUT2D eigenvalue weighted by molar-refractivity contribution is 0.445. The highest BCUT2D eigenvalue weighted by molar-refractivity contribution is 7.89. The first-order chi connectivity index (χ1) is 17.0. The number of aromatic hydroxyl groups is 1. The Hall–Kier alpha value is -3.35. The normalized spacial score (nSPS) is 15.3. The van der Waals surface area contributed by atoms with Crippen LogP contribution >= 0.6 is 11.7 Å². The molecule has 0 radical (unpaired) electrons. The van der Waals surface area contributed by atoms with Crippen LogP contribution in [0.1, 0.15) is 37.8 Å². The molecule has 4 aromatic rings. The van der Waals surface area contributed by atoms with Crippen LogP contribution in [-0.2, 0) is 10.0 Å². The Bertz CT molecular complexity index is 1440. The van der Waals surface area contributed by atoms with E-state index in [1.165, 1.54) is 10.4 Å². The topological polar surface area (TPSA) is 133 Å². The van der Waals surface area contributed by atoms with Crippen LogP contribution in [0, 0.1) is 0 Å². The van der Waals surface area contributed by atoms with Crippen LogP contribution in [0.5, 0.6) is 5.75 Å². The largest absolute Gasteiger partial charge is 0.504 e. The number of phenols is 1. The summed E-state index contributed by atoms with van der Waals surface area (Å²) >= 11 is 1.01. The van der Waals surface area contributed by atoms with Crippen molar-refractivity contribution < 1.29 is 13.5 Å². The molecule has 182 valence electrons. The minimum atomic E-state index is -3.81. The summed E-state index contributed by atoms with van der Waals surface area (Å²) in [5.41, 5.74) is 2.05. The van der Waals surface area contributed by atoms with E-state index in [0.29, 0.717) is 36.0 Å². The van der Waals surface area contributed by atoms with E-state index in [0.717, 1.165) is 36.6 Å². The van der Waals surface area contributed by atoms with E-state index in [1.54, 1.807) is 12.1 Å². The monoisotopic (exact) mass is 511 g/mol. The predicted octanol–water partition coefficient (Wildman–Crippen LogP) is 4.28. The van der Waals surface area contributed by atoms with Crippen LogP contribution in [0.25, 0.3) is 11.3 Å². The maximum Gasteiger partial charge on any atom is 0.246 e. The molecular weight excluding hydrogens is 486 g/mol. The van der Waals surface area contributed by atoms with E-state index in [2.05, 4.69) is 36.3 Å². The first kappa shape index (κ1) is 23.4. The van der Waals surface area contributed by atoms with Gasteiger partial charge in [-0.05, 0) is 37.0 Å². The van der Waals surface area contributed by atoms with E-state index in [-0.39, 0.29) is 22.4 Å². The Morgan fingerprint density at radius 1 is 1.00 bits per heavy atom. The van der Waals surface area contributed by atoms with Gasteiger partial charge in [-0.3, -0.25) is 0 Å². The SMILES string of the molecule is CC[C@@H](Nc1nc2nsnc2nc1Nc1cccc(S(=O)(=O)N2CCCC2)c1O)c1ccccc1. The molecule has 0 unspecified atom stereocenters. The smallest absolute Gasteiger partial charge is 0.246 e. The molecule has 2 aromatic carbocycles. The fraction of sp³-hybridized carbons (Fsp3) is 0.304. The summed E-state index contributed by atoms with van der Waals surface area (Å²) in [5.74, 6) is 0.373. The second-order valence-electron chi connectivity index (χ2n) is 8.24. The zero-order chi connectivity index (χ0) is 24.4. The maximum absolute atomic E-state index is 13.1. The number of phenolic OH excluding ortho intramolecular Hbond substituents is 1. The van der Waals surface area contributed by atoms with E-state index >= 15 is 0 Å². The summed E-state index contributed by atoms with van der Waals surface area (Å²) in [7, 11) is -3.81. The molecule has 1 saturated heterocycles. The standard InChI is InChI=1S/C23H25N7O3S2/c1-2-16(15-9-4-3-5-10-15)24-20-21(27-23-22(26-20)28-34-29-23)25-17-11-8-12-18(19(17)31)35(32,33)30-13-6-7-14-30/h3-5,8-12,16,31H,2,6-7,13-14H2,1H3,(H,24,26,28)(H,25,27,29)/t16-/m1/s1. The van der Waals surface area contributed by atoms with Crippen molar-refractivity contribution in [3.63, 3.8) is 0 Å². The molecule has 0 aliphatic carbocycles. The van der Waals surface area contributed by atoms with Gasteiger partial charge in [0.1, 0.15) is 4.90 Å². The predicted molar refractivity (Wildman–Crippen MR) is 135 cm³/mol. The van der Waals surface area contributed by atoms with Crippen molar-refractivity contribution in [3.05, 3.63) is 54.1 Å². The number of para-hydroxylation sites is 1. The van der Waals surface area contributed by atoms with Gasteiger partial charge < -0.3 is 15.7 Å². The van der Waals surface area contributed by atoms with Gasteiger partial charge in [0, 0.05) is 13.1 Å². The molecule has 1 atom stereocenters. The highest BCUT2D eigenvalue weighted by Gasteiger charge is 2.30. The van der Waals surface area contributed by atoms with Crippen LogP contribution in [-0.4, -0.2) is 49.6 Å². The van der Waals surface area contributed by atoms with Gasteiger partial charge >= 0.3 is 0 Å². The van der Waals surface area contributed by atoms with Crippen LogP contribution in [0.4, 0.5) is 17.3 Å². The number of fused-ring (bicyclic) bond motifs is 1. The Kier molecular flexibility index (Phi) is 6.50. The van der Waals surface area contributed by atoms with Gasteiger partial charge in [0.05, 0.1) is 23.5 Å². The Morgan fingerprint density at radius 2 is 1.69 bits per heavy atom. The molecule has 0 bridgehead atoms. The summed E-state index contributed by atoms with van der Waals surface area (Å²) in [5, 5.41) is 17.4. The molecule has 35 heavy (non-hydrogen) atoms. The lowest BCUT2D eigenvalue weighted by Crippen LogP contribution is -2.28. The van der Waals surface area contributed by atoms with E-state index in [4.69, 9.17) is 0 Å². The van der Waals surface area contributed by atoms with Gasteiger partial charge in [0.2, 0.25) is 21.3 Å². The van der Waals surface area contributed by atoms with Crippen molar-refractivity contribution in [2.24, 2.45) is 0 Å². The average molecular weight is 512 g/mol. The number of aromatic nitrogens is 4. The number of sulfonamides is 1. The zero-order valence-electron chi connectivity index (χ0n) is 19.0. The summed E-state index contributed by atoms with van der Waals surface area (Å²) in [6.07, 6.45) is 2.40. The quantitative estimate of drug-likeness (QED) is 0.296. The van der Waals surface area contributed by atoms with Crippen molar-refractivity contribution in [2.45, 2.75) is 37.1 Å². The van der Waals surface area contributed by atoms with Gasteiger partial charge in [-0.15, -0.1) is 0 Å². The summed E-state index contributed by atoms with van der Waals surface area (Å²) in [4.78, 5) is 9.01. The van der Waals surface area contributed by atoms with Crippen molar-refractivity contribution in [3.8, 4) is 5.75 Å². The highest BCUT2D eigenvalue weighted by Crippen LogP contribution is 2.37. The number of hydrogen-bond acceptors (Lipinski definition) is 10. The van der Waals surface area contributed by atoms with Crippen molar-refractivity contribution in [1.82, 2.24) is 23.0 Å². The number of benzene rings is 2.